The largest absolute Gasteiger partial charge is 0.507 e. The number of rotatable bonds is 5. The quantitative estimate of drug-likeness (QED) is 0.813. The number of piperazine rings is 1. The molecule has 2 aliphatic rings. The number of hydrogen-bond acceptors (Lipinski definition) is 5. The molecule has 0 aliphatic carbocycles. The molecule has 5 heteroatoms. The van der Waals surface area contributed by atoms with E-state index >= 15 is 0 Å². The molecule has 2 aromatic carbocycles. The van der Waals surface area contributed by atoms with Crippen LogP contribution in [0.5, 0.6) is 11.5 Å². The summed E-state index contributed by atoms with van der Waals surface area (Å²) in [6.07, 6.45) is 2.56. The van der Waals surface area contributed by atoms with Crippen LogP contribution in [-0.4, -0.2) is 67.3 Å². The Hall–Kier alpha value is -2.24. The molecule has 2 aliphatic heterocycles. The molecule has 2 heterocycles. The standard InChI is InChI=1S/C25H35N3O2/c1-19-15-21(16-20(2)25(19)29)17-26-10-4-5-23(18-26)28-13-11-27(12-14-28)22-6-8-24(30-3)9-7-22/h6-9,15-16,23,29H,4-5,10-14,17-18H2,1-3H3/t23-/m1/s1. The molecule has 0 saturated carbocycles. The summed E-state index contributed by atoms with van der Waals surface area (Å²) in [4.78, 5) is 7.77. The summed E-state index contributed by atoms with van der Waals surface area (Å²) in [7, 11) is 1.71. The molecule has 0 aromatic heterocycles. The number of nitrogens with zero attached hydrogens (tertiary/aromatic N) is 3. The molecular weight excluding hydrogens is 374 g/mol. The maximum Gasteiger partial charge on any atom is 0.121 e. The van der Waals surface area contributed by atoms with Crippen LogP contribution in [0.2, 0.25) is 0 Å². The molecule has 0 spiro atoms. The molecule has 1 atom stereocenters. The van der Waals surface area contributed by atoms with E-state index in [1.807, 2.05) is 26.0 Å². The highest BCUT2D eigenvalue weighted by molar-refractivity contribution is 5.49. The predicted molar refractivity (Wildman–Crippen MR) is 123 cm³/mol. The molecular formula is C25H35N3O2. The summed E-state index contributed by atoms with van der Waals surface area (Å²) in [5.74, 6) is 1.35. The Labute approximate surface area is 180 Å². The molecule has 5 nitrogen and oxygen atoms in total. The maximum atomic E-state index is 10.0. The van der Waals surface area contributed by atoms with Crippen LogP contribution in [0.1, 0.15) is 29.5 Å². The van der Waals surface area contributed by atoms with Gasteiger partial charge in [-0.3, -0.25) is 9.80 Å². The normalized spacial score (nSPS) is 21.0. The second kappa shape index (κ2) is 9.27. The van der Waals surface area contributed by atoms with Gasteiger partial charge < -0.3 is 14.7 Å². The highest BCUT2D eigenvalue weighted by atomic mass is 16.5. The number of aryl methyl sites for hydroxylation is 2. The van der Waals surface area contributed by atoms with Crippen LogP contribution in [0, 0.1) is 13.8 Å². The van der Waals surface area contributed by atoms with Crippen LogP contribution in [0.4, 0.5) is 5.69 Å². The van der Waals surface area contributed by atoms with Crippen molar-refractivity contribution in [1.29, 1.82) is 0 Å². The first kappa shape index (κ1) is 21.0. The summed E-state index contributed by atoms with van der Waals surface area (Å²) in [5, 5.41) is 10.0. The molecule has 2 aromatic rings. The van der Waals surface area contributed by atoms with Crippen molar-refractivity contribution >= 4 is 5.69 Å². The van der Waals surface area contributed by atoms with Gasteiger partial charge in [-0.05, 0) is 74.2 Å². The van der Waals surface area contributed by atoms with Gasteiger partial charge in [0.25, 0.3) is 0 Å². The summed E-state index contributed by atoms with van der Waals surface area (Å²) in [5.41, 5.74) is 4.56. The van der Waals surface area contributed by atoms with Crippen molar-refractivity contribution in [2.45, 2.75) is 39.3 Å². The first-order chi connectivity index (χ1) is 14.5. The summed E-state index contributed by atoms with van der Waals surface area (Å²) < 4.78 is 5.28. The zero-order chi connectivity index (χ0) is 21.1. The number of phenols is 1. The Morgan fingerprint density at radius 1 is 0.967 bits per heavy atom. The third kappa shape index (κ3) is 4.73. The van der Waals surface area contributed by atoms with Gasteiger partial charge in [0.2, 0.25) is 0 Å². The minimum atomic E-state index is 0.435. The average molecular weight is 410 g/mol. The van der Waals surface area contributed by atoms with E-state index in [4.69, 9.17) is 4.74 Å². The molecule has 4 rings (SSSR count). The second-order valence-electron chi connectivity index (χ2n) is 8.83. The molecule has 1 N–H and O–H groups in total. The van der Waals surface area contributed by atoms with Crippen molar-refractivity contribution in [3.63, 3.8) is 0 Å². The van der Waals surface area contributed by atoms with E-state index in [0.717, 1.165) is 56.1 Å². The van der Waals surface area contributed by atoms with E-state index in [1.54, 1.807) is 7.11 Å². The lowest BCUT2D eigenvalue weighted by Gasteiger charge is -2.44. The predicted octanol–water partition coefficient (Wildman–Crippen LogP) is 3.80. The van der Waals surface area contributed by atoms with Crippen LogP contribution in [0.15, 0.2) is 36.4 Å². The van der Waals surface area contributed by atoms with Crippen molar-refractivity contribution in [2.24, 2.45) is 0 Å². The van der Waals surface area contributed by atoms with Crippen LogP contribution >= 0.6 is 0 Å². The number of likely N-dealkylation sites (tertiary alicyclic amines) is 1. The van der Waals surface area contributed by atoms with Crippen molar-refractivity contribution in [1.82, 2.24) is 9.80 Å². The number of phenolic OH excluding ortho intramolecular Hbond substituents is 1. The van der Waals surface area contributed by atoms with Gasteiger partial charge in [0.1, 0.15) is 11.5 Å². The number of piperidine rings is 1. The van der Waals surface area contributed by atoms with E-state index in [-0.39, 0.29) is 0 Å². The van der Waals surface area contributed by atoms with Crippen LogP contribution < -0.4 is 9.64 Å². The smallest absolute Gasteiger partial charge is 0.121 e. The number of aromatic hydroxyl groups is 1. The first-order valence-corrected chi connectivity index (χ1v) is 11.2. The van der Waals surface area contributed by atoms with E-state index in [0.29, 0.717) is 11.8 Å². The van der Waals surface area contributed by atoms with E-state index < -0.39 is 0 Å². The molecule has 0 amide bonds. The Morgan fingerprint density at radius 3 is 2.27 bits per heavy atom. The van der Waals surface area contributed by atoms with Gasteiger partial charge >= 0.3 is 0 Å². The van der Waals surface area contributed by atoms with E-state index in [2.05, 4.69) is 39.0 Å². The minimum Gasteiger partial charge on any atom is -0.507 e. The van der Waals surface area contributed by atoms with Crippen LogP contribution in [0.25, 0.3) is 0 Å². The van der Waals surface area contributed by atoms with Crippen molar-refractivity contribution < 1.29 is 9.84 Å². The van der Waals surface area contributed by atoms with Gasteiger partial charge in [-0.2, -0.15) is 0 Å². The number of hydrogen-bond donors (Lipinski definition) is 1. The number of benzene rings is 2. The molecule has 0 unspecified atom stereocenters. The van der Waals surface area contributed by atoms with Crippen molar-refractivity contribution in [2.75, 3.05) is 51.3 Å². The maximum absolute atomic E-state index is 10.0. The fourth-order valence-electron chi connectivity index (χ4n) is 5.01. The van der Waals surface area contributed by atoms with Gasteiger partial charge in [0, 0.05) is 51.0 Å². The van der Waals surface area contributed by atoms with Gasteiger partial charge in [0.05, 0.1) is 7.11 Å². The third-order valence-corrected chi connectivity index (χ3v) is 6.71. The molecule has 2 saturated heterocycles. The van der Waals surface area contributed by atoms with Gasteiger partial charge in [-0.25, -0.2) is 0 Å². The highest BCUT2D eigenvalue weighted by Gasteiger charge is 2.28. The zero-order valence-electron chi connectivity index (χ0n) is 18.6. The van der Waals surface area contributed by atoms with Crippen LogP contribution in [0.3, 0.4) is 0 Å². The number of ether oxygens (including phenoxy) is 1. The monoisotopic (exact) mass is 409 g/mol. The van der Waals surface area contributed by atoms with Gasteiger partial charge in [-0.1, -0.05) is 12.1 Å². The topological polar surface area (TPSA) is 39.2 Å². The fraction of sp³-hybridized carbons (Fsp3) is 0.520. The molecule has 162 valence electrons. The van der Waals surface area contributed by atoms with Crippen molar-refractivity contribution in [3.05, 3.63) is 53.1 Å². The lowest BCUT2D eigenvalue weighted by atomic mass is 10.0. The Bertz CT molecular complexity index is 821. The third-order valence-electron chi connectivity index (χ3n) is 6.71. The fourth-order valence-corrected chi connectivity index (χ4v) is 5.01. The molecule has 30 heavy (non-hydrogen) atoms. The Kier molecular flexibility index (Phi) is 6.49. The van der Waals surface area contributed by atoms with Crippen molar-refractivity contribution in [3.8, 4) is 11.5 Å². The summed E-state index contributed by atoms with van der Waals surface area (Å²) in [6.45, 7) is 11.7. The summed E-state index contributed by atoms with van der Waals surface area (Å²) in [6, 6.07) is 13.4. The van der Waals surface area contributed by atoms with Gasteiger partial charge in [0.15, 0.2) is 0 Å². The lowest BCUT2D eigenvalue weighted by Crippen LogP contribution is -2.55. The minimum absolute atomic E-state index is 0.435. The lowest BCUT2D eigenvalue weighted by molar-refractivity contribution is 0.0887. The number of anilines is 1. The second-order valence-corrected chi connectivity index (χ2v) is 8.83. The molecule has 2 fully saturated rings. The number of methoxy groups -OCH3 is 1. The average Bonchev–Trinajstić information content (AvgIpc) is 2.78. The van der Waals surface area contributed by atoms with Gasteiger partial charge in [-0.15, -0.1) is 0 Å². The van der Waals surface area contributed by atoms with E-state index in [9.17, 15) is 5.11 Å². The molecule has 0 radical (unpaired) electrons. The summed E-state index contributed by atoms with van der Waals surface area (Å²) >= 11 is 0. The highest BCUT2D eigenvalue weighted by Crippen LogP contribution is 2.26. The van der Waals surface area contributed by atoms with Crippen LogP contribution in [-0.2, 0) is 6.54 Å². The zero-order valence-corrected chi connectivity index (χ0v) is 18.6. The first-order valence-electron chi connectivity index (χ1n) is 11.2. The van der Waals surface area contributed by atoms with E-state index in [1.165, 1.54) is 30.6 Å². The Morgan fingerprint density at radius 2 is 1.63 bits per heavy atom. The molecule has 0 bridgehead atoms. The SMILES string of the molecule is COc1ccc(N2CCN([C@@H]3CCCN(Cc4cc(C)c(O)c(C)c4)C3)CC2)cc1. The Balaban J connectivity index is 1.32.